The normalized spacial score (nSPS) is 11.7. The van der Waals surface area contributed by atoms with Crippen LogP contribution < -0.4 is 0 Å². The van der Waals surface area contributed by atoms with Crippen molar-refractivity contribution in [1.82, 2.24) is 0 Å². The van der Waals surface area contributed by atoms with E-state index in [4.69, 9.17) is 14.1 Å². The van der Waals surface area contributed by atoms with Crippen molar-refractivity contribution in [3.63, 3.8) is 0 Å². The van der Waals surface area contributed by atoms with Crippen molar-refractivity contribution in [2.75, 3.05) is 0 Å². The Labute approximate surface area is 217 Å². The third-order valence-corrected chi connectivity index (χ3v) is 7.49. The number of hydrogen-bond donors (Lipinski definition) is 0. The number of para-hydroxylation sites is 1. The zero-order chi connectivity index (χ0) is 25.2. The summed E-state index contributed by atoms with van der Waals surface area (Å²) in [6, 6.07) is 41.7. The molecule has 0 radical (unpaired) electrons. The van der Waals surface area contributed by atoms with Crippen LogP contribution in [0.2, 0.25) is 0 Å². The Hall–Kier alpha value is -5.33. The maximum atomic E-state index is 9.07. The predicted octanol–water partition coefficient (Wildman–Crippen LogP) is 9.84. The molecule has 0 aliphatic rings. The van der Waals surface area contributed by atoms with Crippen LogP contribution in [0.4, 0.5) is 0 Å². The second kappa shape index (κ2) is 7.83. The van der Waals surface area contributed by atoms with Gasteiger partial charge in [-0.1, -0.05) is 60.7 Å². The Morgan fingerprint density at radius 2 is 0.947 bits per heavy atom. The van der Waals surface area contributed by atoms with E-state index in [1.807, 2.05) is 42.5 Å². The molecule has 0 N–H and O–H groups in total. The van der Waals surface area contributed by atoms with Crippen molar-refractivity contribution >= 4 is 54.6 Å². The fourth-order valence-electron chi connectivity index (χ4n) is 5.52. The van der Waals surface area contributed by atoms with E-state index in [1.54, 1.807) is 0 Å². The van der Waals surface area contributed by atoms with Crippen LogP contribution in [-0.2, 0) is 0 Å². The summed E-state index contributed by atoms with van der Waals surface area (Å²) in [6.45, 7) is 0. The first kappa shape index (κ1) is 20.8. The summed E-state index contributed by atoms with van der Waals surface area (Å²) < 4.78 is 12.4. The van der Waals surface area contributed by atoms with Crippen molar-refractivity contribution < 1.29 is 8.83 Å². The van der Waals surface area contributed by atoms with Gasteiger partial charge in [-0.05, 0) is 87.6 Å². The van der Waals surface area contributed by atoms with Gasteiger partial charge in [0.25, 0.3) is 0 Å². The molecule has 0 spiro atoms. The van der Waals surface area contributed by atoms with Gasteiger partial charge in [0.15, 0.2) is 0 Å². The number of hydrogen-bond acceptors (Lipinski definition) is 3. The van der Waals surface area contributed by atoms with Crippen molar-refractivity contribution in [2.45, 2.75) is 0 Å². The van der Waals surface area contributed by atoms with E-state index in [9.17, 15) is 0 Å². The number of fused-ring (bicyclic) bond motifs is 7. The minimum atomic E-state index is 0.670. The van der Waals surface area contributed by atoms with Crippen LogP contribution in [0.15, 0.2) is 124 Å². The van der Waals surface area contributed by atoms with Crippen LogP contribution in [0.25, 0.3) is 76.9 Å². The van der Waals surface area contributed by atoms with Crippen molar-refractivity contribution in [3.8, 4) is 28.3 Å². The monoisotopic (exact) mass is 485 g/mol. The number of rotatable bonds is 2. The Morgan fingerprint density at radius 1 is 0.421 bits per heavy atom. The maximum absolute atomic E-state index is 9.07. The minimum absolute atomic E-state index is 0.670. The third-order valence-electron chi connectivity index (χ3n) is 7.49. The molecule has 3 nitrogen and oxygen atoms in total. The first-order valence-electron chi connectivity index (χ1n) is 12.6. The first-order chi connectivity index (χ1) is 18.7. The molecule has 0 saturated carbocycles. The van der Waals surface area contributed by atoms with Gasteiger partial charge in [-0.3, -0.25) is 0 Å². The Kier molecular flexibility index (Phi) is 4.29. The maximum Gasteiger partial charge on any atom is 0.136 e. The van der Waals surface area contributed by atoms with Crippen molar-refractivity contribution in [1.29, 1.82) is 5.26 Å². The molecule has 0 fully saturated rings. The van der Waals surface area contributed by atoms with Gasteiger partial charge in [0.05, 0.1) is 11.6 Å². The molecule has 176 valence electrons. The molecule has 6 aromatic carbocycles. The van der Waals surface area contributed by atoms with Crippen molar-refractivity contribution in [3.05, 3.63) is 121 Å². The highest BCUT2D eigenvalue weighted by Gasteiger charge is 2.14. The predicted molar refractivity (Wildman–Crippen MR) is 154 cm³/mol. The SMILES string of the molecule is N#Cc1ccc(-c2ccc3cc(-c4ccc5oc6cc7c(cc6c5c4)oc4ccccc47)ccc3c2)cc1. The summed E-state index contributed by atoms with van der Waals surface area (Å²) in [5.41, 5.74) is 8.70. The zero-order valence-electron chi connectivity index (χ0n) is 20.2. The minimum Gasteiger partial charge on any atom is -0.456 e. The summed E-state index contributed by atoms with van der Waals surface area (Å²) in [4.78, 5) is 0. The molecule has 0 atom stereocenters. The van der Waals surface area contributed by atoms with Gasteiger partial charge >= 0.3 is 0 Å². The largest absolute Gasteiger partial charge is 0.456 e. The van der Waals surface area contributed by atoms with Crippen LogP contribution in [0, 0.1) is 11.3 Å². The van der Waals surface area contributed by atoms with E-state index in [0.29, 0.717) is 5.56 Å². The lowest BCUT2D eigenvalue weighted by molar-refractivity contribution is 0.664. The second-order valence-electron chi connectivity index (χ2n) is 9.72. The molecule has 3 heteroatoms. The molecule has 0 aliphatic heterocycles. The van der Waals surface area contributed by atoms with Gasteiger partial charge in [-0.2, -0.15) is 5.26 Å². The quantitative estimate of drug-likeness (QED) is 0.245. The molecule has 0 unspecified atom stereocenters. The molecule has 2 heterocycles. The van der Waals surface area contributed by atoms with Crippen LogP contribution >= 0.6 is 0 Å². The van der Waals surface area contributed by atoms with Crippen LogP contribution in [-0.4, -0.2) is 0 Å². The van der Waals surface area contributed by atoms with E-state index in [-0.39, 0.29) is 0 Å². The average molecular weight is 486 g/mol. The second-order valence-corrected chi connectivity index (χ2v) is 9.72. The molecule has 0 aliphatic carbocycles. The van der Waals surface area contributed by atoms with Crippen LogP contribution in [0.3, 0.4) is 0 Å². The highest BCUT2D eigenvalue weighted by atomic mass is 16.3. The molecule has 0 bridgehead atoms. The van der Waals surface area contributed by atoms with E-state index >= 15 is 0 Å². The fraction of sp³-hybridized carbons (Fsp3) is 0. The Morgan fingerprint density at radius 3 is 1.66 bits per heavy atom. The Balaban J connectivity index is 1.22. The topological polar surface area (TPSA) is 50.1 Å². The van der Waals surface area contributed by atoms with Gasteiger partial charge in [0.1, 0.15) is 22.3 Å². The van der Waals surface area contributed by atoms with Crippen LogP contribution in [0.5, 0.6) is 0 Å². The van der Waals surface area contributed by atoms with Gasteiger partial charge in [-0.15, -0.1) is 0 Å². The molecule has 0 amide bonds. The molecule has 2 aromatic heterocycles. The first-order valence-corrected chi connectivity index (χ1v) is 12.6. The highest BCUT2D eigenvalue weighted by Crippen LogP contribution is 2.38. The number of nitrogens with zero attached hydrogens (tertiary/aromatic N) is 1. The van der Waals surface area contributed by atoms with E-state index in [2.05, 4.69) is 78.9 Å². The Bertz CT molecular complexity index is 2240. The summed E-state index contributed by atoms with van der Waals surface area (Å²) in [7, 11) is 0. The van der Waals surface area contributed by atoms with Gasteiger partial charge in [-0.25, -0.2) is 0 Å². The molecule has 0 saturated heterocycles. The summed E-state index contributed by atoms with van der Waals surface area (Å²) in [6.07, 6.45) is 0. The standard InChI is InChI=1S/C35H19NO2/c36-20-21-5-7-22(8-6-21)23-9-10-25-16-26(12-11-24(25)15-23)27-13-14-33-29(17-27)31-19-34-30(18-35(31)38-33)28-3-1-2-4-32(28)37-34/h1-19H. The lowest BCUT2D eigenvalue weighted by Crippen LogP contribution is -1.82. The molecular weight excluding hydrogens is 466 g/mol. The van der Waals surface area contributed by atoms with E-state index in [1.165, 1.54) is 10.8 Å². The number of nitriles is 1. The van der Waals surface area contributed by atoms with Gasteiger partial charge in [0, 0.05) is 21.5 Å². The summed E-state index contributed by atoms with van der Waals surface area (Å²) in [5, 5.41) is 15.7. The summed E-state index contributed by atoms with van der Waals surface area (Å²) >= 11 is 0. The molecule has 38 heavy (non-hydrogen) atoms. The highest BCUT2D eigenvalue weighted by molar-refractivity contribution is 6.15. The van der Waals surface area contributed by atoms with E-state index in [0.717, 1.165) is 66.1 Å². The number of furan rings is 2. The van der Waals surface area contributed by atoms with Crippen molar-refractivity contribution in [2.24, 2.45) is 0 Å². The van der Waals surface area contributed by atoms with Crippen LogP contribution in [0.1, 0.15) is 5.56 Å². The fourth-order valence-corrected chi connectivity index (χ4v) is 5.52. The lowest BCUT2D eigenvalue weighted by atomic mass is 9.96. The molecular formula is C35H19NO2. The lowest BCUT2D eigenvalue weighted by Gasteiger charge is -2.07. The third kappa shape index (κ3) is 3.14. The number of benzene rings is 6. The van der Waals surface area contributed by atoms with Gasteiger partial charge in [0.2, 0.25) is 0 Å². The molecule has 8 aromatic rings. The van der Waals surface area contributed by atoms with Gasteiger partial charge < -0.3 is 8.83 Å². The summed E-state index contributed by atoms with van der Waals surface area (Å²) in [5.74, 6) is 0. The average Bonchev–Trinajstić information content (AvgIpc) is 3.52. The zero-order valence-corrected chi connectivity index (χ0v) is 20.2. The van der Waals surface area contributed by atoms with E-state index < -0.39 is 0 Å². The smallest absolute Gasteiger partial charge is 0.136 e. The molecule has 8 rings (SSSR count).